The molecule has 162 valence electrons. The number of aliphatic imine (C=N–C) groups is 1. The van der Waals surface area contributed by atoms with E-state index in [1.807, 2.05) is 36.4 Å². The number of rotatable bonds is 5. The third-order valence-electron chi connectivity index (χ3n) is 4.68. The number of hydrogen-bond acceptors (Lipinski definition) is 4. The van der Waals surface area contributed by atoms with Gasteiger partial charge in [0.2, 0.25) is 0 Å². The van der Waals surface area contributed by atoms with Gasteiger partial charge in [0.25, 0.3) is 0 Å². The van der Waals surface area contributed by atoms with E-state index in [0.717, 1.165) is 21.9 Å². The van der Waals surface area contributed by atoms with Crippen LogP contribution >= 0.6 is 24.2 Å². The van der Waals surface area contributed by atoms with Crippen LogP contribution in [-0.2, 0) is 5.75 Å². The quantitative estimate of drug-likeness (QED) is 0.457. The molecule has 3 nitrogen and oxygen atoms in total. The van der Waals surface area contributed by atoms with E-state index >= 15 is 0 Å². The number of nitrogens with one attached hydrogen (secondary N) is 1. The Balaban J connectivity index is 0.00000272. The molecule has 1 N–H and O–H groups in total. The summed E-state index contributed by atoms with van der Waals surface area (Å²) in [7, 11) is 0. The maximum atomic E-state index is 12.3. The lowest BCUT2D eigenvalue weighted by atomic mass is 9.95. The molecule has 0 bridgehead atoms. The molecule has 1 aliphatic rings. The van der Waals surface area contributed by atoms with Gasteiger partial charge in [-0.25, -0.2) is 0 Å². The number of nitrogens with zero attached hydrogens (tertiary/aromatic N) is 1. The summed E-state index contributed by atoms with van der Waals surface area (Å²) < 4.78 is 40.8. The van der Waals surface area contributed by atoms with E-state index in [4.69, 9.17) is 4.99 Å². The van der Waals surface area contributed by atoms with Crippen molar-refractivity contribution < 1.29 is 17.9 Å². The summed E-state index contributed by atoms with van der Waals surface area (Å²) >= 11 is 1.53. The summed E-state index contributed by atoms with van der Waals surface area (Å²) in [6.07, 6.45) is -4.68. The van der Waals surface area contributed by atoms with Crippen molar-refractivity contribution in [1.82, 2.24) is 5.32 Å². The Labute approximate surface area is 189 Å². The molecule has 0 spiro atoms. The van der Waals surface area contributed by atoms with E-state index in [9.17, 15) is 13.2 Å². The first-order chi connectivity index (χ1) is 14.5. The number of amidine groups is 1. The first-order valence-electron chi connectivity index (χ1n) is 9.40. The third-order valence-corrected chi connectivity index (χ3v) is 5.66. The van der Waals surface area contributed by atoms with E-state index in [-0.39, 0.29) is 30.2 Å². The Morgan fingerprint density at radius 3 is 2.00 bits per heavy atom. The highest BCUT2D eigenvalue weighted by Gasteiger charge is 2.32. The van der Waals surface area contributed by atoms with E-state index in [1.165, 1.54) is 23.9 Å². The molecule has 1 aliphatic heterocycles. The lowest BCUT2D eigenvalue weighted by Gasteiger charge is -2.19. The third kappa shape index (κ3) is 6.18. The van der Waals surface area contributed by atoms with Gasteiger partial charge in [-0.2, -0.15) is 0 Å². The Bertz CT molecular complexity index is 999. The molecule has 4 rings (SSSR count). The topological polar surface area (TPSA) is 33.6 Å². The number of ether oxygens (including phenoxy) is 1. The minimum Gasteiger partial charge on any atom is -0.406 e. The predicted octanol–water partition coefficient (Wildman–Crippen LogP) is 6.68. The van der Waals surface area contributed by atoms with Crippen molar-refractivity contribution in [2.75, 3.05) is 0 Å². The SMILES string of the molecule is Cl.FC(F)(F)Oc1ccc(CSC2=NC(c3ccccc3)C(c3ccccc3)N2)cc1. The fourth-order valence-corrected chi connectivity index (χ4v) is 4.21. The van der Waals surface area contributed by atoms with Gasteiger partial charge in [-0.15, -0.1) is 25.6 Å². The van der Waals surface area contributed by atoms with Crippen molar-refractivity contribution in [3.63, 3.8) is 0 Å². The van der Waals surface area contributed by atoms with Crippen LogP contribution in [0.15, 0.2) is 89.9 Å². The zero-order chi connectivity index (χ0) is 21.0. The summed E-state index contributed by atoms with van der Waals surface area (Å²) in [6, 6.07) is 26.2. The van der Waals surface area contributed by atoms with Crippen LogP contribution < -0.4 is 10.1 Å². The van der Waals surface area contributed by atoms with Gasteiger partial charge in [0.1, 0.15) is 11.8 Å². The van der Waals surface area contributed by atoms with E-state index in [1.54, 1.807) is 12.1 Å². The predicted molar refractivity (Wildman–Crippen MR) is 121 cm³/mol. The molecule has 0 amide bonds. The Hall–Kier alpha value is -2.64. The second-order valence-corrected chi connectivity index (χ2v) is 7.77. The van der Waals surface area contributed by atoms with Crippen LogP contribution in [0.5, 0.6) is 5.75 Å². The van der Waals surface area contributed by atoms with Crippen LogP contribution in [0.1, 0.15) is 28.8 Å². The summed E-state index contributed by atoms with van der Waals surface area (Å²) in [5, 5.41) is 4.32. The number of benzene rings is 3. The molecule has 2 unspecified atom stereocenters. The molecule has 3 aromatic rings. The largest absolute Gasteiger partial charge is 0.573 e. The van der Waals surface area contributed by atoms with Crippen molar-refractivity contribution in [2.24, 2.45) is 4.99 Å². The average molecular weight is 465 g/mol. The van der Waals surface area contributed by atoms with Crippen molar-refractivity contribution in [1.29, 1.82) is 0 Å². The number of hydrogen-bond donors (Lipinski definition) is 1. The standard InChI is InChI=1S/C23H19F3N2OS.ClH/c24-23(25,26)29-19-13-11-16(12-14-19)15-30-22-27-20(17-7-3-1-4-8-17)21(28-22)18-9-5-2-6-10-18;/h1-14,20-21H,15H2,(H,27,28);1H. The first kappa shape index (κ1) is 23.0. The number of halogens is 4. The normalized spacial score (nSPS) is 18.0. The van der Waals surface area contributed by atoms with Crippen LogP contribution in [0.2, 0.25) is 0 Å². The van der Waals surface area contributed by atoms with Crippen LogP contribution in [-0.4, -0.2) is 11.5 Å². The van der Waals surface area contributed by atoms with Crippen LogP contribution in [0.4, 0.5) is 13.2 Å². The van der Waals surface area contributed by atoms with E-state index < -0.39 is 6.36 Å². The minimum atomic E-state index is -4.68. The molecule has 0 radical (unpaired) electrons. The maximum Gasteiger partial charge on any atom is 0.573 e. The molecule has 0 aliphatic carbocycles. The lowest BCUT2D eigenvalue weighted by Crippen LogP contribution is -2.22. The number of thioether (sulfide) groups is 1. The second-order valence-electron chi connectivity index (χ2n) is 6.80. The molecule has 0 saturated carbocycles. The smallest absolute Gasteiger partial charge is 0.406 e. The molecular formula is C23H20ClF3N2OS. The molecule has 1 heterocycles. The average Bonchev–Trinajstić information content (AvgIpc) is 3.18. The van der Waals surface area contributed by atoms with Gasteiger partial charge in [-0.3, -0.25) is 4.99 Å². The van der Waals surface area contributed by atoms with Crippen LogP contribution in [0.3, 0.4) is 0 Å². The van der Waals surface area contributed by atoms with Gasteiger partial charge in [-0.05, 0) is 28.8 Å². The fourth-order valence-electron chi connectivity index (χ4n) is 3.31. The Morgan fingerprint density at radius 1 is 0.839 bits per heavy atom. The van der Waals surface area contributed by atoms with Gasteiger partial charge in [0.15, 0.2) is 5.17 Å². The zero-order valence-electron chi connectivity index (χ0n) is 16.3. The van der Waals surface area contributed by atoms with Crippen LogP contribution in [0, 0.1) is 0 Å². The molecule has 0 aromatic heterocycles. The minimum absolute atomic E-state index is 0. The highest BCUT2D eigenvalue weighted by atomic mass is 35.5. The molecule has 2 atom stereocenters. The summed E-state index contributed by atoms with van der Waals surface area (Å²) in [4.78, 5) is 4.89. The van der Waals surface area contributed by atoms with Crippen molar-refractivity contribution in [3.8, 4) is 5.75 Å². The maximum absolute atomic E-state index is 12.3. The van der Waals surface area contributed by atoms with E-state index in [2.05, 4.69) is 34.3 Å². The summed E-state index contributed by atoms with van der Waals surface area (Å²) in [5.41, 5.74) is 3.17. The van der Waals surface area contributed by atoms with Crippen molar-refractivity contribution >= 4 is 29.3 Å². The molecular weight excluding hydrogens is 445 g/mol. The molecule has 8 heteroatoms. The molecule has 31 heavy (non-hydrogen) atoms. The summed E-state index contributed by atoms with van der Waals surface area (Å²) in [5.74, 6) is 0.363. The van der Waals surface area contributed by atoms with Gasteiger partial charge in [0.05, 0.1) is 6.04 Å². The van der Waals surface area contributed by atoms with Crippen molar-refractivity contribution in [2.45, 2.75) is 24.2 Å². The van der Waals surface area contributed by atoms with Gasteiger partial charge in [0, 0.05) is 5.75 Å². The van der Waals surface area contributed by atoms with E-state index in [0.29, 0.717) is 5.75 Å². The molecule has 0 fully saturated rings. The highest BCUT2D eigenvalue weighted by Crippen LogP contribution is 2.38. The van der Waals surface area contributed by atoms with Crippen molar-refractivity contribution in [3.05, 3.63) is 102 Å². The van der Waals surface area contributed by atoms with Gasteiger partial charge in [-0.1, -0.05) is 84.6 Å². The second kappa shape index (κ2) is 10.1. The van der Waals surface area contributed by atoms with Gasteiger partial charge < -0.3 is 10.1 Å². The lowest BCUT2D eigenvalue weighted by molar-refractivity contribution is -0.274. The monoisotopic (exact) mass is 464 g/mol. The Morgan fingerprint density at radius 2 is 1.42 bits per heavy atom. The zero-order valence-corrected chi connectivity index (χ0v) is 17.9. The molecule has 3 aromatic carbocycles. The Kier molecular flexibility index (Phi) is 7.51. The highest BCUT2D eigenvalue weighted by molar-refractivity contribution is 8.13. The fraction of sp³-hybridized carbons (Fsp3) is 0.174. The first-order valence-corrected chi connectivity index (χ1v) is 10.4. The van der Waals surface area contributed by atoms with Gasteiger partial charge >= 0.3 is 6.36 Å². The van der Waals surface area contributed by atoms with Crippen LogP contribution in [0.25, 0.3) is 0 Å². The molecule has 0 saturated heterocycles. The number of alkyl halides is 3. The summed E-state index contributed by atoms with van der Waals surface area (Å²) in [6.45, 7) is 0.